The number of carbonyl (C=O) groups is 3. The van der Waals surface area contributed by atoms with Gasteiger partial charge in [0.2, 0.25) is 0 Å². The number of alkyl halides is 2. The molecule has 0 saturated carbocycles. The molecule has 2 aliphatic heterocycles. The fourth-order valence-electron chi connectivity index (χ4n) is 6.17. The maximum atomic E-state index is 13.7. The summed E-state index contributed by atoms with van der Waals surface area (Å²) in [6.45, 7) is -1.53. The smallest absolute Gasteiger partial charge is 0.407 e. The van der Waals surface area contributed by atoms with E-state index in [2.05, 4.69) is 35.8 Å². The summed E-state index contributed by atoms with van der Waals surface area (Å²) in [5.74, 6) is -2.40. The summed E-state index contributed by atoms with van der Waals surface area (Å²) in [5, 5.41) is 29.5. The van der Waals surface area contributed by atoms with Crippen molar-refractivity contribution >= 4 is 74.8 Å². The molecule has 0 bridgehead atoms. The highest BCUT2D eigenvalue weighted by molar-refractivity contribution is 8.01. The third-order valence-corrected chi connectivity index (χ3v) is 12.7. The molecule has 0 aliphatic carbocycles. The van der Waals surface area contributed by atoms with Crippen LogP contribution in [0.3, 0.4) is 0 Å². The van der Waals surface area contributed by atoms with Crippen LogP contribution in [0.25, 0.3) is 0 Å². The molecule has 0 radical (unpaired) electrons. The van der Waals surface area contributed by atoms with Crippen molar-refractivity contribution in [2.24, 2.45) is 5.16 Å². The Morgan fingerprint density at radius 3 is 2.17 bits per heavy atom. The van der Waals surface area contributed by atoms with Crippen LogP contribution in [-0.4, -0.2) is 78.2 Å². The fraction of sp³-hybridized carbons (Fsp3) is 0.194. The van der Waals surface area contributed by atoms with Crippen LogP contribution < -0.4 is 10.6 Å². The number of β-lactam (4-membered cyclic amide) rings is 1. The number of rotatable bonds is 14. The Kier molecular flexibility index (Phi) is 11.0. The lowest BCUT2D eigenvalue weighted by atomic mass is 9.77. The van der Waals surface area contributed by atoms with Crippen molar-refractivity contribution in [3.63, 3.8) is 0 Å². The number of thioether (sulfide) groups is 2. The Morgan fingerprint density at radius 1 is 1.02 bits per heavy atom. The van der Waals surface area contributed by atoms with Crippen molar-refractivity contribution in [3.8, 4) is 0 Å². The molecule has 1 fully saturated rings. The number of aryl methyl sites for hydroxylation is 1. The molecule has 1 saturated heterocycles. The van der Waals surface area contributed by atoms with Gasteiger partial charge in [-0.1, -0.05) is 119 Å². The summed E-state index contributed by atoms with van der Waals surface area (Å²) in [6, 6.07) is 28.0. The van der Waals surface area contributed by atoms with E-state index >= 15 is 0 Å². The van der Waals surface area contributed by atoms with Gasteiger partial charge in [0, 0.05) is 16.9 Å². The van der Waals surface area contributed by atoms with Crippen LogP contribution in [-0.2, 0) is 24.8 Å². The topological polar surface area (TPSA) is 159 Å². The molecule has 2 aromatic heterocycles. The molecule has 3 N–H and O–H groups in total. The molecular weight excluding hydrogens is 777 g/mol. The van der Waals surface area contributed by atoms with Crippen molar-refractivity contribution < 1.29 is 33.1 Å². The van der Waals surface area contributed by atoms with Gasteiger partial charge in [-0.05, 0) is 29.2 Å². The van der Waals surface area contributed by atoms with Gasteiger partial charge < -0.3 is 20.6 Å². The molecule has 12 nitrogen and oxygen atoms in total. The lowest BCUT2D eigenvalue weighted by Crippen LogP contribution is -2.71. The van der Waals surface area contributed by atoms with Crippen molar-refractivity contribution in [2.75, 3.05) is 16.8 Å². The number of carboxylic acid groups (broad SMARTS) is 1. The normalized spacial score (nSPS) is 17.2. The van der Waals surface area contributed by atoms with Gasteiger partial charge in [-0.2, -0.15) is 8.78 Å². The van der Waals surface area contributed by atoms with Gasteiger partial charge in [-0.15, -0.1) is 33.3 Å². The van der Waals surface area contributed by atoms with Crippen LogP contribution >= 0.6 is 46.2 Å². The largest absolute Gasteiger partial charge is 0.477 e. The van der Waals surface area contributed by atoms with Gasteiger partial charge >= 0.3 is 12.6 Å². The Bertz CT molecular complexity index is 2120. The number of hydrogen-bond acceptors (Lipinski definition) is 13. The zero-order valence-corrected chi connectivity index (χ0v) is 31.4. The highest BCUT2D eigenvalue weighted by Crippen LogP contribution is 2.43. The highest BCUT2D eigenvalue weighted by atomic mass is 32.2. The Hall–Kier alpha value is -5.17. The number of aromatic nitrogens is 3. The SMILES string of the molecule is Cc1nnc(SCC2=C(C(=O)O)N3C(=O)C(NC(=O)/C(=N\OC(F)F)c4csc(NC(c5ccccc5)(c5ccccc5)c5ccccc5)n4)C3SC2)s1. The highest BCUT2D eigenvalue weighted by Gasteiger charge is 2.54. The first-order chi connectivity index (χ1) is 26.2. The average Bonchev–Trinajstić information content (AvgIpc) is 3.83. The number of nitrogens with zero attached hydrogens (tertiary/aromatic N) is 5. The first kappa shape index (κ1) is 37.2. The zero-order chi connectivity index (χ0) is 37.8. The van der Waals surface area contributed by atoms with E-state index < -0.39 is 47.1 Å². The van der Waals surface area contributed by atoms with Gasteiger partial charge in [-0.3, -0.25) is 14.5 Å². The number of thiazole rings is 1. The van der Waals surface area contributed by atoms with Crippen molar-refractivity contribution in [1.29, 1.82) is 0 Å². The first-order valence-corrected chi connectivity index (χ1v) is 19.9. The van der Waals surface area contributed by atoms with E-state index in [1.54, 1.807) is 0 Å². The third kappa shape index (κ3) is 7.46. The van der Waals surface area contributed by atoms with Gasteiger partial charge in [0.25, 0.3) is 11.8 Å². The molecule has 276 valence electrons. The molecule has 4 heterocycles. The van der Waals surface area contributed by atoms with E-state index in [0.717, 1.165) is 37.9 Å². The number of nitrogens with one attached hydrogen (secondary N) is 2. The van der Waals surface area contributed by atoms with Crippen LogP contribution in [0.4, 0.5) is 13.9 Å². The lowest BCUT2D eigenvalue weighted by Gasteiger charge is -2.49. The molecule has 0 spiro atoms. The van der Waals surface area contributed by atoms with Crippen LogP contribution in [0.2, 0.25) is 0 Å². The number of halogens is 2. The summed E-state index contributed by atoms with van der Waals surface area (Å²) < 4.78 is 27.3. The molecule has 7 rings (SSSR count). The Labute approximate surface area is 323 Å². The van der Waals surface area contributed by atoms with E-state index in [-0.39, 0.29) is 22.9 Å². The minimum atomic E-state index is -3.34. The van der Waals surface area contributed by atoms with Crippen molar-refractivity contribution in [1.82, 2.24) is 25.4 Å². The number of hydrogen-bond donors (Lipinski definition) is 3. The monoisotopic (exact) mass is 805 g/mol. The van der Waals surface area contributed by atoms with E-state index in [4.69, 9.17) is 0 Å². The Balaban J connectivity index is 1.15. The fourth-order valence-corrected chi connectivity index (χ4v) is 10.2. The minimum absolute atomic E-state index is 0.0824. The summed E-state index contributed by atoms with van der Waals surface area (Å²) >= 11 is 5.09. The maximum absolute atomic E-state index is 13.7. The third-order valence-electron chi connectivity index (χ3n) is 8.51. The van der Waals surface area contributed by atoms with Crippen molar-refractivity contribution in [2.45, 2.75) is 34.8 Å². The molecule has 2 unspecified atom stereocenters. The summed E-state index contributed by atoms with van der Waals surface area (Å²) in [6.07, 6.45) is 0. The number of amides is 2. The summed E-state index contributed by atoms with van der Waals surface area (Å²) in [5.41, 5.74) is 1.38. The molecule has 2 amide bonds. The van der Waals surface area contributed by atoms with Crippen LogP contribution in [0, 0.1) is 6.92 Å². The van der Waals surface area contributed by atoms with E-state index in [1.807, 2.05) is 97.9 Å². The second kappa shape index (κ2) is 16.1. The van der Waals surface area contributed by atoms with Gasteiger partial charge in [-0.25, -0.2) is 9.78 Å². The van der Waals surface area contributed by atoms with Crippen LogP contribution in [0.15, 0.2) is 117 Å². The van der Waals surface area contributed by atoms with Crippen LogP contribution in [0.1, 0.15) is 27.4 Å². The summed E-state index contributed by atoms with van der Waals surface area (Å²) in [4.78, 5) is 49.5. The predicted molar refractivity (Wildman–Crippen MR) is 204 cm³/mol. The zero-order valence-electron chi connectivity index (χ0n) is 28.1. The van der Waals surface area contributed by atoms with E-state index in [0.29, 0.717) is 15.0 Å². The molecule has 2 aliphatic rings. The van der Waals surface area contributed by atoms with Crippen LogP contribution in [0.5, 0.6) is 0 Å². The molecule has 2 atom stereocenters. The second-order valence-corrected chi connectivity index (χ2v) is 16.2. The molecular formula is C36H29F2N7O5S4. The predicted octanol–water partition coefficient (Wildman–Crippen LogP) is 6.18. The number of anilines is 1. The summed E-state index contributed by atoms with van der Waals surface area (Å²) in [7, 11) is 0. The average molecular weight is 806 g/mol. The molecule has 5 aromatic rings. The number of benzene rings is 3. The Morgan fingerprint density at radius 2 is 1.63 bits per heavy atom. The number of aliphatic carboxylic acids is 1. The van der Waals surface area contributed by atoms with Gasteiger partial charge in [0.15, 0.2) is 15.2 Å². The molecule has 3 aromatic carbocycles. The number of fused-ring (bicyclic) bond motifs is 1. The number of oxime groups is 1. The molecule has 18 heteroatoms. The first-order valence-electron chi connectivity index (χ1n) is 16.2. The minimum Gasteiger partial charge on any atom is -0.477 e. The second-order valence-electron chi connectivity index (χ2n) is 11.8. The van der Waals surface area contributed by atoms with Gasteiger partial charge in [0.1, 0.15) is 33.4 Å². The van der Waals surface area contributed by atoms with Gasteiger partial charge in [0.05, 0.1) is 0 Å². The number of carbonyl (C=O) groups excluding carboxylic acids is 2. The molecule has 54 heavy (non-hydrogen) atoms. The van der Waals surface area contributed by atoms with E-state index in [1.165, 1.54) is 40.2 Å². The standard InChI is InChI=1S/C36H29F2N7O5S4/c1-20-42-43-35(54-20)53-18-21-17-51-31-27(30(47)45(31)28(21)32(48)49)40-29(46)26(44-50-33(37)38)25-19-52-34(39-25)41-36(22-11-5-2-6-12-22,23-13-7-3-8-14-23)24-15-9-4-10-16-24/h2-16,19,27,31,33H,17-18H2,1H3,(H,39,41)(H,40,46)(H,48,49)/b44-26-. The lowest BCUT2D eigenvalue weighted by molar-refractivity contribution is -0.150. The maximum Gasteiger partial charge on any atom is 0.407 e. The number of carboxylic acids is 1. The van der Waals surface area contributed by atoms with E-state index in [9.17, 15) is 28.3 Å². The van der Waals surface area contributed by atoms with Crippen molar-refractivity contribution in [3.05, 3.63) is 135 Å². The quantitative estimate of drug-likeness (QED) is 0.0387.